The fourth-order valence-corrected chi connectivity index (χ4v) is 3.43. The minimum Gasteiger partial charge on any atom is -0.475 e. The molecule has 0 bridgehead atoms. The average Bonchev–Trinajstić information content (AvgIpc) is 3.10. The minimum absolute atomic E-state index is 0.0828. The summed E-state index contributed by atoms with van der Waals surface area (Å²) >= 11 is 0. The van der Waals surface area contributed by atoms with Crippen molar-refractivity contribution in [2.45, 2.75) is 52.5 Å². The van der Waals surface area contributed by atoms with Gasteiger partial charge < -0.3 is 10.1 Å². The van der Waals surface area contributed by atoms with Crippen LogP contribution in [0.5, 0.6) is 0 Å². The molecule has 0 unspecified atom stereocenters. The number of hydrogen-bond acceptors (Lipinski definition) is 3. The van der Waals surface area contributed by atoms with Crippen LogP contribution in [0.25, 0.3) is 0 Å². The SMILES string of the molecule is CC(=CC1=N[C@@H](c2ccccc2)CO1)Nc1c(C(C)C)cccc1C(C)C. The highest BCUT2D eigenvalue weighted by atomic mass is 16.5. The van der Waals surface area contributed by atoms with Crippen molar-refractivity contribution in [3.63, 3.8) is 0 Å². The standard InChI is InChI=1S/C24H30N2O/c1-16(2)20-12-9-13-21(17(3)4)24(20)25-18(5)14-23-26-22(15-27-23)19-10-7-6-8-11-19/h6-14,16-17,22,25H,15H2,1-5H3/t22-/m1/s1. The van der Waals surface area contributed by atoms with Gasteiger partial charge in [0.25, 0.3) is 0 Å². The Morgan fingerprint density at radius 2 is 1.63 bits per heavy atom. The van der Waals surface area contributed by atoms with Gasteiger partial charge in [-0.1, -0.05) is 76.2 Å². The number of nitrogens with one attached hydrogen (secondary N) is 1. The van der Waals surface area contributed by atoms with Gasteiger partial charge in [0.1, 0.15) is 12.6 Å². The zero-order valence-electron chi connectivity index (χ0n) is 17.0. The summed E-state index contributed by atoms with van der Waals surface area (Å²) in [4.78, 5) is 4.73. The predicted octanol–water partition coefficient (Wildman–Crippen LogP) is 6.42. The third kappa shape index (κ3) is 4.60. The lowest BCUT2D eigenvalue weighted by molar-refractivity contribution is 0.321. The number of hydrogen-bond donors (Lipinski definition) is 1. The van der Waals surface area contributed by atoms with E-state index in [4.69, 9.17) is 9.73 Å². The highest BCUT2D eigenvalue weighted by Gasteiger charge is 2.19. The maximum atomic E-state index is 5.82. The van der Waals surface area contributed by atoms with Crippen LogP contribution in [0.4, 0.5) is 5.69 Å². The number of para-hydroxylation sites is 1. The molecule has 1 atom stereocenters. The highest BCUT2D eigenvalue weighted by Crippen LogP contribution is 2.33. The van der Waals surface area contributed by atoms with E-state index in [0.717, 1.165) is 5.70 Å². The molecule has 3 nitrogen and oxygen atoms in total. The van der Waals surface area contributed by atoms with Crippen molar-refractivity contribution in [1.29, 1.82) is 0 Å². The molecule has 1 aliphatic rings. The topological polar surface area (TPSA) is 33.6 Å². The Balaban J connectivity index is 1.82. The quantitative estimate of drug-likeness (QED) is 0.643. The van der Waals surface area contributed by atoms with E-state index in [0.29, 0.717) is 24.3 Å². The van der Waals surface area contributed by atoms with E-state index in [1.165, 1.54) is 22.4 Å². The van der Waals surface area contributed by atoms with Crippen LogP contribution in [0, 0.1) is 0 Å². The number of rotatable bonds is 6. The van der Waals surface area contributed by atoms with Gasteiger partial charge in [-0.25, -0.2) is 4.99 Å². The second-order valence-corrected chi connectivity index (χ2v) is 7.78. The molecule has 3 rings (SSSR count). The summed E-state index contributed by atoms with van der Waals surface area (Å²) in [5, 5.41) is 3.62. The second-order valence-electron chi connectivity index (χ2n) is 7.78. The van der Waals surface area contributed by atoms with E-state index in [1.54, 1.807) is 0 Å². The lowest BCUT2D eigenvalue weighted by Gasteiger charge is -2.21. The van der Waals surface area contributed by atoms with Gasteiger partial charge in [0.15, 0.2) is 0 Å². The molecular formula is C24H30N2O. The van der Waals surface area contributed by atoms with Gasteiger partial charge in [-0.15, -0.1) is 0 Å². The molecule has 0 aliphatic carbocycles. The zero-order chi connectivity index (χ0) is 19.4. The largest absolute Gasteiger partial charge is 0.475 e. The fraction of sp³-hybridized carbons (Fsp3) is 0.375. The average molecular weight is 363 g/mol. The van der Waals surface area contributed by atoms with Crippen LogP contribution in [0.2, 0.25) is 0 Å². The van der Waals surface area contributed by atoms with Gasteiger partial charge in [-0.05, 0) is 35.4 Å². The molecule has 0 amide bonds. The molecule has 0 saturated heterocycles. The zero-order valence-corrected chi connectivity index (χ0v) is 17.0. The van der Waals surface area contributed by atoms with Gasteiger partial charge in [0.05, 0.1) is 0 Å². The molecule has 0 fully saturated rings. The van der Waals surface area contributed by atoms with E-state index < -0.39 is 0 Å². The lowest BCUT2D eigenvalue weighted by Crippen LogP contribution is -2.07. The molecule has 1 aliphatic heterocycles. The summed E-state index contributed by atoms with van der Waals surface area (Å²) in [6.45, 7) is 11.6. The Hall–Kier alpha value is -2.55. The number of nitrogens with zero attached hydrogens (tertiary/aromatic N) is 1. The minimum atomic E-state index is 0.0828. The Morgan fingerprint density at radius 3 is 2.22 bits per heavy atom. The van der Waals surface area contributed by atoms with Crippen molar-refractivity contribution in [2.75, 3.05) is 11.9 Å². The number of allylic oxidation sites excluding steroid dienone is 1. The summed E-state index contributed by atoms with van der Waals surface area (Å²) in [6.07, 6.45) is 2.00. The fourth-order valence-electron chi connectivity index (χ4n) is 3.43. The second kappa shape index (κ2) is 8.43. The molecule has 0 aromatic heterocycles. The van der Waals surface area contributed by atoms with Crippen LogP contribution in [0.3, 0.4) is 0 Å². The molecule has 2 aromatic rings. The summed E-state index contributed by atoms with van der Waals surface area (Å²) in [6, 6.07) is 17.0. The summed E-state index contributed by atoms with van der Waals surface area (Å²) < 4.78 is 5.82. The van der Waals surface area contributed by atoms with Crippen LogP contribution < -0.4 is 5.32 Å². The van der Waals surface area contributed by atoms with E-state index in [9.17, 15) is 0 Å². The first-order valence-corrected chi connectivity index (χ1v) is 9.79. The van der Waals surface area contributed by atoms with Gasteiger partial charge in [0.2, 0.25) is 5.90 Å². The van der Waals surface area contributed by atoms with Crippen LogP contribution in [-0.2, 0) is 4.74 Å². The van der Waals surface area contributed by atoms with E-state index >= 15 is 0 Å². The molecule has 0 radical (unpaired) electrons. The molecule has 142 valence electrons. The van der Waals surface area contributed by atoms with Crippen molar-refractivity contribution < 1.29 is 4.74 Å². The molecular weight excluding hydrogens is 332 g/mol. The maximum absolute atomic E-state index is 5.82. The van der Waals surface area contributed by atoms with Gasteiger partial charge in [-0.2, -0.15) is 0 Å². The number of ether oxygens (including phenoxy) is 1. The van der Waals surface area contributed by atoms with E-state index in [-0.39, 0.29) is 6.04 Å². The summed E-state index contributed by atoms with van der Waals surface area (Å²) in [7, 11) is 0. The van der Waals surface area contributed by atoms with Crippen LogP contribution >= 0.6 is 0 Å². The molecule has 0 spiro atoms. The third-order valence-corrected chi connectivity index (χ3v) is 4.89. The van der Waals surface area contributed by atoms with Crippen molar-refractivity contribution >= 4 is 11.6 Å². The Labute approximate surface area is 163 Å². The molecule has 3 heteroatoms. The number of aliphatic imine (C=N–C) groups is 1. The molecule has 27 heavy (non-hydrogen) atoms. The van der Waals surface area contributed by atoms with Crippen LogP contribution in [0.1, 0.15) is 69.2 Å². The van der Waals surface area contributed by atoms with Crippen molar-refractivity contribution in [3.05, 3.63) is 77.0 Å². The van der Waals surface area contributed by atoms with E-state index in [1.807, 2.05) is 24.3 Å². The summed E-state index contributed by atoms with van der Waals surface area (Å²) in [5.74, 6) is 1.62. The number of benzene rings is 2. The van der Waals surface area contributed by atoms with Crippen molar-refractivity contribution in [1.82, 2.24) is 0 Å². The van der Waals surface area contributed by atoms with Crippen molar-refractivity contribution in [2.24, 2.45) is 4.99 Å². The maximum Gasteiger partial charge on any atom is 0.211 e. The highest BCUT2D eigenvalue weighted by molar-refractivity contribution is 5.90. The lowest BCUT2D eigenvalue weighted by atomic mass is 9.92. The number of anilines is 1. The molecule has 0 saturated carbocycles. The van der Waals surface area contributed by atoms with E-state index in [2.05, 4.69) is 70.3 Å². The Bertz CT molecular complexity index is 808. The first kappa shape index (κ1) is 19.2. The van der Waals surface area contributed by atoms with Crippen molar-refractivity contribution in [3.8, 4) is 0 Å². The first-order chi connectivity index (χ1) is 13.0. The van der Waals surface area contributed by atoms with Gasteiger partial charge in [-0.3, -0.25) is 0 Å². The van der Waals surface area contributed by atoms with Gasteiger partial charge in [0, 0.05) is 17.5 Å². The van der Waals surface area contributed by atoms with Crippen LogP contribution in [-0.4, -0.2) is 12.5 Å². The predicted molar refractivity (Wildman–Crippen MR) is 115 cm³/mol. The smallest absolute Gasteiger partial charge is 0.211 e. The Morgan fingerprint density at radius 1 is 1.00 bits per heavy atom. The molecule has 2 aromatic carbocycles. The monoisotopic (exact) mass is 362 g/mol. The first-order valence-electron chi connectivity index (χ1n) is 9.79. The van der Waals surface area contributed by atoms with Crippen LogP contribution in [0.15, 0.2) is 65.3 Å². The molecule has 1 N–H and O–H groups in total. The van der Waals surface area contributed by atoms with Gasteiger partial charge >= 0.3 is 0 Å². The molecule has 1 heterocycles. The summed E-state index contributed by atoms with van der Waals surface area (Å²) in [5.41, 5.74) is 6.13. The third-order valence-electron chi connectivity index (χ3n) is 4.89. The normalized spacial score (nSPS) is 17.2. The Kier molecular flexibility index (Phi) is 6.00.